The summed E-state index contributed by atoms with van der Waals surface area (Å²) in [4.78, 5) is 39.8. The predicted octanol–water partition coefficient (Wildman–Crippen LogP) is 6.26. The molecule has 6 nitrogen and oxygen atoms in total. The summed E-state index contributed by atoms with van der Waals surface area (Å²) in [5, 5.41) is 5.76. The maximum Gasteiger partial charge on any atom is 0.283 e. The van der Waals surface area contributed by atoms with Crippen LogP contribution in [0.3, 0.4) is 0 Å². The highest BCUT2D eigenvalue weighted by Gasteiger charge is 2.39. The van der Waals surface area contributed by atoms with E-state index >= 15 is 0 Å². The van der Waals surface area contributed by atoms with Gasteiger partial charge in [-0.15, -0.1) is 0 Å². The Labute approximate surface area is 217 Å². The third-order valence-corrected chi connectivity index (χ3v) is 6.62. The van der Waals surface area contributed by atoms with Gasteiger partial charge in [0, 0.05) is 21.4 Å². The first kappa shape index (κ1) is 24.7. The highest BCUT2D eigenvalue weighted by Crippen LogP contribution is 2.31. The van der Waals surface area contributed by atoms with Crippen molar-refractivity contribution in [3.8, 4) is 0 Å². The molecule has 2 N–H and O–H groups in total. The van der Waals surface area contributed by atoms with Crippen LogP contribution in [0.1, 0.15) is 35.3 Å². The van der Waals surface area contributed by atoms with Crippen LogP contribution in [0.5, 0.6) is 0 Å². The van der Waals surface area contributed by atoms with E-state index in [-0.39, 0.29) is 16.6 Å². The number of carbonyl (C=O) groups is 3. The number of carbonyl (C=O) groups excluding carboxylic acids is 3. The Hall–Kier alpha value is -3.42. The molecule has 4 rings (SSSR count). The molecule has 0 bridgehead atoms. The summed E-state index contributed by atoms with van der Waals surface area (Å²) in [7, 11) is 0. The maximum atomic E-state index is 13.1. The van der Waals surface area contributed by atoms with Crippen molar-refractivity contribution in [3.05, 3.63) is 98.6 Å². The van der Waals surface area contributed by atoms with Crippen molar-refractivity contribution in [2.24, 2.45) is 0 Å². The Kier molecular flexibility index (Phi) is 7.38. The highest BCUT2D eigenvalue weighted by atomic mass is 79.9. The number of nitrogens with one attached hydrogen (secondary N) is 2. The van der Waals surface area contributed by atoms with Crippen molar-refractivity contribution in [3.63, 3.8) is 0 Å². The zero-order chi connectivity index (χ0) is 25.1. The number of nitrogens with zero attached hydrogens (tertiary/aromatic N) is 1. The molecule has 8 heteroatoms. The minimum Gasteiger partial charge on any atom is -0.350 e. The standard InChI is InChI=1S/C27H23BrClN3O3/c1-3-16-7-5-8-17(4-2)23(16)31-25(33)18-9-6-10-20(15-18)30-24-22(29)26(34)32(27(24)35)21-13-11-19(28)12-14-21/h5-15,30H,3-4H2,1-2H3,(H,31,33). The SMILES string of the molecule is CCc1cccc(CC)c1NC(=O)c1cccc(NC2=C(Cl)C(=O)N(c3ccc(Br)cc3)C2=O)c1. The molecule has 1 heterocycles. The average Bonchev–Trinajstić information content (AvgIpc) is 3.08. The fourth-order valence-corrected chi connectivity index (χ4v) is 4.38. The van der Waals surface area contributed by atoms with Crippen LogP contribution < -0.4 is 15.5 Å². The van der Waals surface area contributed by atoms with E-state index in [1.807, 2.05) is 32.0 Å². The maximum absolute atomic E-state index is 13.1. The number of para-hydroxylation sites is 1. The number of benzene rings is 3. The Balaban J connectivity index is 1.56. The van der Waals surface area contributed by atoms with Crippen molar-refractivity contribution in [1.29, 1.82) is 0 Å². The quantitative estimate of drug-likeness (QED) is 0.339. The van der Waals surface area contributed by atoms with Gasteiger partial charge in [-0.25, -0.2) is 4.90 Å². The lowest BCUT2D eigenvalue weighted by Gasteiger charge is -2.16. The van der Waals surface area contributed by atoms with Gasteiger partial charge in [0.1, 0.15) is 10.7 Å². The van der Waals surface area contributed by atoms with Crippen molar-refractivity contribution in [2.75, 3.05) is 15.5 Å². The van der Waals surface area contributed by atoms with Crippen LogP contribution in [0, 0.1) is 0 Å². The molecule has 0 fully saturated rings. The lowest BCUT2D eigenvalue weighted by molar-refractivity contribution is -0.120. The summed E-state index contributed by atoms with van der Waals surface area (Å²) in [6, 6.07) is 19.5. The van der Waals surface area contributed by atoms with Crippen molar-refractivity contribution >= 4 is 62.3 Å². The van der Waals surface area contributed by atoms with Gasteiger partial charge in [-0.3, -0.25) is 14.4 Å². The minimum atomic E-state index is -0.612. The summed E-state index contributed by atoms with van der Waals surface area (Å²) in [5.41, 5.74) is 4.19. The summed E-state index contributed by atoms with van der Waals surface area (Å²) < 4.78 is 0.820. The molecule has 178 valence electrons. The van der Waals surface area contributed by atoms with Gasteiger partial charge in [0.2, 0.25) is 0 Å². The number of hydrogen-bond donors (Lipinski definition) is 2. The Morgan fingerprint density at radius 2 is 1.54 bits per heavy atom. The molecule has 0 radical (unpaired) electrons. The zero-order valence-electron chi connectivity index (χ0n) is 19.2. The number of anilines is 3. The topological polar surface area (TPSA) is 78.5 Å². The van der Waals surface area contributed by atoms with Crippen LogP contribution in [0.4, 0.5) is 17.1 Å². The summed E-state index contributed by atoms with van der Waals surface area (Å²) in [6.07, 6.45) is 1.59. The fourth-order valence-electron chi connectivity index (χ4n) is 3.91. The number of aryl methyl sites for hydroxylation is 2. The highest BCUT2D eigenvalue weighted by molar-refractivity contribution is 9.10. The molecule has 1 aliphatic heterocycles. The van der Waals surface area contributed by atoms with E-state index in [0.717, 1.165) is 39.0 Å². The molecule has 0 saturated carbocycles. The van der Waals surface area contributed by atoms with Crippen LogP contribution in [0.15, 0.2) is 81.9 Å². The molecule has 35 heavy (non-hydrogen) atoms. The van der Waals surface area contributed by atoms with E-state index in [1.54, 1.807) is 48.5 Å². The fraction of sp³-hybridized carbons (Fsp3) is 0.148. The molecule has 0 atom stereocenters. The summed E-state index contributed by atoms with van der Waals surface area (Å²) in [5.74, 6) is -1.45. The molecule has 0 aromatic heterocycles. The predicted molar refractivity (Wildman–Crippen MR) is 143 cm³/mol. The lowest BCUT2D eigenvalue weighted by atomic mass is 10.0. The molecule has 3 aromatic carbocycles. The molecule has 1 aliphatic rings. The van der Waals surface area contributed by atoms with E-state index in [9.17, 15) is 14.4 Å². The lowest BCUT2D eigenvalue weighted by Crippen LogP contribution is -2.32. The van der Waals surface area contributed by atoms with Crippen LogP contribution in [-0.2, 0) is 22.4 Å². The zero-order valence-corrected chi connectivity index (χ0v) is 21.5. The molecule has 3 amide bonds. The molecule has 0 spiro atoms. The van der Waals surface area contributed by atoms with Gasteiger partial charge in [0.05, 0.1) is 5.69 Å². The van der Waals surface area contributed by atoms with E-state index in [2.05, 4.69) is 26.6 Å². The first-order valence-corrected chi connectivity index (χ1v) is 12.3. The molecular formula is C27H23BrClN3O3. The number of hydrogen-bond acceptors (Lipinski definition) is 4. The van der Waals surface area contributed by atoms with Crippen molar-refractivity contribution < 1.29 is 14.4 Å². The summed E-state index contributed by atoms with van der Waals surface area (Å²) in [6.45, 7) is 4.09. The molecule has 0 aliphatic carbocycles. The molecule has 0 unspecified atom stereocenters. The Bertz CT molecular complexity index is 1330. The van der Waals surface area contributed by atoms with Gasteiger partial charge >= 0.3 is 0 Å². The number of halogens is 2. The second kappa shape index (κ2) is 10.5. The second-order valence-electron chi connectivity index (χ2n) is 7.93. The van der Waals surface area contributed by atoms with Gasteiger partial charge in [-0.2, -0.15) is 0 Å². The first-order valence-electron chi connectivity index (χ1n) is 11.2. The van der Waals surface area contributed by atoms with Gasteiger partial charge in [0.25, 0.3) is 17.7 Å². The van der Waals surface area contributed by atoms with Crippen LogP contribution in [0.2, 0.25) is 0 Å². The normalized spacial score (nSPS) is 13.4. The second-order valence-corrected chi connectivity index (χ2v) is 9.22. The van der Waals surface area contributed by atoms with E-state index in [1.165, 1.54) is 0 Å². The Morgan fingerprint density at radius 3 is 2.17 bits per heavy atom. The van der Waals surface area contributed by atoms with Crippen molar-refractivity contribution in [1.82, 2.24) is 0 Å². The van der Waals surface area contributed by atoms with Crippen LogP contribution in [-0.4, -0.2) is 17.7 Å². The Morgan fingerprint density at radius 1 is 0.914 bits per heavy atom. The third-order valence-electron chi connectivity index (χ3n) is 5.74. The molecule has 0 saturated heterocycles. The van der Waals surface area contributed by atoms with Crippen LogP contribution in [0.25, 0.3) is 0 Å². The van der Waals surface area contributed by atoms with Gasteiger partial charge in [-0.1, -0.05) is 65.6 Å². The van der Waals surface area contributed by atoms with Crippen molar-refractivity contribution in [2.45, 2.75) is 26.7 Å². The number of rotatable bonds is 7. The number of imide groups is 1. The van der Waals surface area contributed by atoms with Crippen LogP contribution >= 0.6 is 27.5 Å². The molecular weight excluding hydrogens is 530 g/mol. The first-order chi connectivity index (χ1) is 16.8. The van der Waals surface area contributed by atoms with E-state index in [4.69, 9.17) is 11.6 Å². The van der Waals surface area contributed by atoms with Gasteiger partial charge in [0.15, 0.2) is 0 Å². The van der Waals surface area contributed by atoms with Gasteiger partial charge < -0.3 is 10.6 Å². The van der Waals surface area contributed by atoms with E-state index in [0.29, 0.717) is 16.9 Å². The largest absolute Gasteiger partial charge is 0.350 e. The molecule has 3 aromatic rings. The monoisotopic (exact) mass is 551 g/mol. The smallest absolute Gasteiger partial charge is 0.283 e. The average molecular weight is 553 g/mol. The van der Waals surface area contributed by atoms with Gasteiger partial charge in [-0.05, 0) is 66.4 Å². The minimum absolute atomic E-state index is 0.0401. The number of amides is 3. The van der Waals surface area contributed by atoms with E-state index < -0.39 is 11.8 Å². The summed E-state index contributed by atoms with van der Waals surface area (Å²) >= 11 is 9.58. The third kappa shape index (κ3) is 5.01.